The number of hydrogen-bond acceptors (Lipinski definition) is 6. The standard InChI is InChI=1S/C8H12O7S/c1-5(9)3-8(16(12,13)14)7(11)4-15-6(2)10/h8H,3-4H2,1-2H3,(H,12,13,14). The third-order valence-corrected chi connectivity index (χ3v) is 2.76. The number of ether oxygens (including phenoxy) is 1. The summed E-state index contributed by atoms with van der Waals surface area (Å²) in [7, 11) is -4.67. The van der Waals surface area contributed by atoms with Gasteiger partial charge in [0.05, 0.1) is 0 Å². The van der Waals surface area contributed by atoms with Gasteiger partial charge in [-0.1, -0.05) is 0 Å². The van der Waals surface area contributed by atoms with Crippen LogP contribution in [0.1, 0.15) is 20.3 Å². The van der Waals surface area contributed by atoms with Crippen molar-refractivity contribution in [1.82, 2.24) is 0 Å². The molecule has 1 N–H and O–H groups in total. The Labute approximate surface area is 92.5 Å². The molecule has 0 spiro atoms. The fourth-order valence-corrected chi connectivity index (χ4v) is 1.76. The minimum atomic E-state index is -4.67. The smallest absolute Gasteiger partial charge is 0.303 e. The van der Waals surface area contributed by atoms with Crippen LogP contribution >= 0.6 is 0 Å². The van der Waals surface area contributed by atoms with E-state index in [1.54, 1.807) is 0 Å². The maximum atomic E-state index is 11.3. The molecule has 0 amide bonds. The van der Waals surface area contributed by atoms with E-state index in [9.17, 15) is 22.8 Å². The number of rotatable bonds is 6. The van der Waals surface area contributed by atoms with E-state index in [4.69, 9.17) is 4.55 Å². The van der Waals surface area contributed by atoms with Crippen LogP contribution in [0, 0.1) is 0 Å². The van der Waals surface area contributed by atoms with Crippen molar-refractivity contribution >= 4 is 27.7 Å². The van der Waals surface area contributed by atoms with Crippen LogP contribution < -0.4 is 0 Å². The lowest BCUT2D eigenvalue weighted by molar-refractivity contribution is -0.145. The van der Waals surface area contributed by atoms with Crippen molar-refractivity contribution in [3.63, 3.8) is 0 Å². The van der Waals surface area contributed by atoms with Crippen molar-refractivity contribution < 1.29 is 32.1 Å². The van der Waals surface area contributed by atoms with Crippen LogP contribution in [0.15, 0.2) is 0 Å². The minimum absolute atomic E-state index is 0.571. The van der Waals surface area contributed by atoms with Crippen LogP contribution in [-0.4, -0.2) is 42.4 Å². The average Bonchev–Trinajstić information content (AvgIpc) is 2.08. The summed E-state index contributed by atoms with van der Waals surface area (Å²) in [5, 5.41) is -1.87. The molecule has 16 heavy (non-hydrogen) atoms. The predicted octanol–water partition coefficient (Wildman–Crippen LogP) is -0.646. The second-order valence-corrected chi connectivity index (χ2v) is 4.76. The zero-order valence-corrected chi connectivity index (χ0v) is 9.61. The average molecular weight is 252 g/mol. The molecule has 0 radical (unpaired) electrons. The number of carbonyl (C=O) groups is 3. The number of Topliss-reactive ketones (excluding diaryl/α,β-unsaturated/α-hetero) is 2. The Kier molecular flexibility index (Phi) is 5.25. The van der Waals surface area contributed by atoms with E-state index in [0.717, 1.165) is 13.8 Å². The van der Waals surface area contributed by atoms with Gasteiger partial charge in [-0.3, -0.25) is 18.9 Å². The molecule has 0 fully saturated rings. The van der Waals surface area contributed by atoms with Crippen LogP contribution in [0.25, 0.3) is 0 Å². The van der Waals surface area contributed by atoms with Crippen LogP contribution in [-0.2, 0) is 29.2 Å². The molecule has 0 heterocycles. The monoisotopic (exact) mass is 252 g/mol. The summed E-state index contributed by atoms with van der Waals surface area (Å²) in [6, 6.07) is 0. The first-order valence-corrected chi connectivity index (χ1v) is 5.76. The van der Waals surface area contributed by atoms with Gasteiger partial charge in [0, 0.05) is 13.3 Å². The highest BCUT2D eigenvalue weighted by Crippen LogP contribution is 2.07. The molecule has 7 nitrogen and oxygen atoms in total. The molecule has 1 unspecified atom stereocenters. The molecule has 0 saturated heterocycles. The van der Waals surface area contributed by atoms with Crippen molar-refractivity contribution in [2.45, 2.75) is 25.5 Å². The van der Waals surface area contributed by atoms with Gasteiger partial charge in [-0.2, -0.15) is 8.42 Å². The first-order chi connectivity index (χ1) is 7.14. The molecule has 0 aromatic carbocycles. The number of carbonyl (C=O) groups excluding carboxylic acids is 3. The van der Waals surface area contributed by atoms with Gasteiger partial charge in [0.2, 0.25) is 0 Å². The van der Waals surface area contributed by atoms with Gasteiger partial charge < -0.3 is 4.74 Å². The van der Waals surface area contributed by atoms with Crippen molar-refractivity contribution in [2.24, 2.45) is 0 Å². The van der Waals surface area contributed by atoms with Gasteiger partial charge in [-0.05, 0) is 6.92 Å². The Balaban J connectivity index is 4.71. The Bertz CT molecular complexity index is 395. The maximum Gasteiger partial charge on any atom is 0.303 e. The Hall–Kier alpha value is -1.28. The quantitative estimate of drug-likeness (QED) is 0.493. The summed E-state index contributed by atoms with van der Waals surface area (Å²) >= 11 is 0. The van der Waals surface area contributed by atoms with Crippen LogP contribution in [0.3, 0.4) is 0 Å². The third kappa shape index (κ3) is 5.56. The lowest BCUT2D eigenvalue weighted by Gasteiger charge is -2.10. The first-order valence-electron chi connectivity index (χ1n) is 4.26. The molecule has 92 valence electrons. The molecule has 0 aliphatic carbocycles. The largest absolute Gasteiger partial charge is 0.458 e. The zero-order chi connectivity index (χ0) is 12.9. The van der Waals surface area contributed by atoms with E-state index in [-0.39, 0.29) is 0 Å². The Morgan fingerprint density at radius 1 is 1.25 bits per heavy atom. The summed E-state index contributed by atoms with van der Waals surface area (Å²) < 4.78 is 34.6. The Morgan fingerprint density at radius 3 is 2.06 bits per heavy atom. The van der Waals surface area contributed by atoms with E-state index >= 15 is 0 Å². The van der Waals surface area contributed by atoms with Gasteiger partial charge in [0.1, 0.15) is 5.78 Å². The van der Waals surface area contributed by atoms with Crippen molar-refractivity contribution in [3.05, 3.63) is 0 Å². The van der Waals surface area contributed by atoms with Gasteiger partial charge in [-0.25, -0.2) is 0 Å². The number of hydrogen-bond donors (Lipinski definition) is 1. The van der Waals surface area contributed by atoms with Crippen LogP contribution in [0.4, 0.5) is 0 Å². The van der Waals surface area contributed by atoms with E-state index in [1.165, 1.54) is 0 Å². The molecule has 1 atom stereocenters. The molecule has 0 aliphatic heterocycles. The molecular weight excluding hydrogens is 240 g/mol. The van der Waals surface area contributed by atoms with Gasteiger partial charge >= 0.3 is 5.97 Å². The molecular formula is C8H12O7S. The second-order valence-electron chi connectivity index (χ2n) is 3.16. The summed E-state index contributed by atoms with van der Waals surface area (Å²) in [6.45, 7) is 1.34. The van der Waals surface area contributed by atoms with Gasteiger partial charge in [-0.15, -0.1) is 0 Å². The summed E-state index contributed by atoms with van der Waals surface area (Å²) in [5.74, 6) is -2.36. The molecule has 8 heteroatoms. The predicted molar refractivity (Wildman–Crippen MR) is 52.3 cm³/mol. The molecule has 0 saturated carbocycles. The highest BCUT2D eigenvalue weighted by atomic mass is 32.2. The fraction of sp³-hybridized carbons (Fsp3) is 0.625. The molecule has 0 aliphatic rings. The highest BCUT2D eigenvalue weighted by molar-refractivity contribution is 7.87. The van der Waals surface area contributed by atoms with E-state index in [1.807, 2.05) is 0 Å². The summed E-state index contributed by atoms with van der Waals surface area (Å²) in [6.07, 6.45) is -0.640. The van der Waals surface area contributed by atoms with E-state index < -0.39 is 45.9 Å². The number of ketones is 2. The minimum Gasteiger partial charge on any atom is -0.458 e. The van der Waals surface area contributed by atoms with Crippen molar-refractivity contribution in [3.8, 4) is 0 Å². The van der Waals surface area contributed by atoms with Gasteiger partial charge in [0.15, 0.2) is 17.6 Å². The lowest BCUT2D eigenvalue weighted by atomic mass is 10.2. The normalized spacial score (nSPS) is 12.9. The van der Waals surface area contributed by atoms with E-state index in [0.29, 0.717) is 0 Å². The van der Waals surface area contributed by atoms with E-state index in [2.05, 4.69) is 4.74 Å². The Morgan fingerprint density at radius 2 is 1.75 bits per heavy atom. The van der Waals surface area contributed by atoms with Crippen molar-refractivity contribution in [1.29, 1.82) is 0 Å². The van der Waals surface area contributed by atoms with Crippen LogP contribution in [0.5, 0.6) is 0 Å². The molecule has 0 aromatic heterocycles. The number of esters is 1. The topological polar surface area (TPSA) is 115 Å². The van der Waals surface area contributed by atoms with Crippen LogP contribution in [0.2, 0.25) is 0 Å². The SMILES string of the molecule is CC(=O)CC(C(=O)COC(C)=O)S(=O)(=O)O. The summed E-state index contributed by atoms with van der Waals surface area (Å²) in [4.78, 5) is 32.4. The molecule has 0 aromatic rings. The van der Waals surface area contributed by atoms with Gasteiger partial charge in [0.25, 0.3) is 10.1 Å². The lowest BCUT2D eigenvalue weighted by Crippen LogP contribution is -2.34. The maximum absolute atomic E-state index is 11.3. The second kappa shape index (κ2) is 5.71. The van der Waals surface area contributed by atoms with Crippen molar-refractivity contribution in [2.75, 3.05) is 6.61 Å². The summed E-state index contributed by atoms with van der Waals surface area (Å²) in [5.41, 5.74) is 0. The fourth-order valence-electron chi connectivity index (χ4n) is 0.912. The molecule has 0 rings (SSSR count). The molecule has 0 bridgehead atoms. The highest BCUT2D eigenvalue weighted by Gasteiger charge is 2.32. The third-order valence-electron chi connectivity index (χ3n) is 1.61. The zero-order valence-electron chi connectivity index (χ0n) is 8.80. The first kappa shape index (κ1) is 14.7.